The molecule has 0 aliphatic carbocycles. The highest BCUT2D eigenvalue weighted by atomic mass is 32.2. The van der Waals surface area contributed by atoms with Gasteiger partial charge in [-0.15, -0.1) is 0 Å². The van der Waals surface area contributed by atoms with Gasteiger partial charge in [0, 0.05) is 0 Å². The smallest absolute Gasteiger partial charge is 0.326 e. The van der Waals surface area contributed by atoms with Crippen LogP contribution < -0.4 is 10.6 Å². The van der Waals surface area contributed by atoms with Crippen LogP contribution in [0.5, 0.6) is 0 Å². The zero-order chi connectivity index (χ0) is 12.0. The van der Waals surface area contributed by atoms with Crippen LogP contribution in [0, 0.1) is 0 Å². The van der Waals surface area contributed by atoms with Crippen LogP contribution in [0.4, 0.5) is 0 Å². The third-order valence-electron chi connectivity index (χ3n) is 2.60. The molecule has 0 spiro atoms. The van der Waals surface area contributed by atoms with Crippen LogP contribution in [-0.2, 0) is 9.59 Å². The normalized spacial score (nSPS) is 21.7. The quantitative estimate of drug-likeness (QED) is 0.618. The minimum Gasteiger partial charge on any atom is -0.480 e. The van der Waals surface area contributed by atoms with Gasteiger partial charge in [-0.3, -0.25) is 4.79 Å². The summed E-state index contributed by atoms with van der Waals surface area (Å²) < 4.78 is 0. The monoisotopic (exact) mass is 246 g/mol. The van der Waals surface area contributed by atoms with Crippen LogP contribution >= 0.6 is 11.8 Å². The van der Waals surface area contributed by atoms with Crippen LogP contribution in [0.2, 0.25) is 0 Å². The Morgan fingerprint density at radius 3 is 2.88 bits per heavy atom. The third-order valence-corrected chi connectivity index (χ3v) is 3.25. The lowest BCUT2D eigenvalue weighted by Gasteiger charge is -2.17. The van der Waals surface area contributed by atoms with Gasteiger partial charge in [-0.25, -0.2) is 4.79 Å². The van der Waals surface area contributed by atoms with E-state index in [-0.39, 0.29) is 11.9 Å². The van der Waals surface area contributed by atoms with Crippen molar-refractivity contribution in [2.24, 2.45) is 0 Å². The van der Waals surface area contributed by atoms with Gasteiger partial charge in [-0.1, -0.05) is 0 Å². The summed E-state index contributed by atoms with van der Waals surface area (Å²) in [6.45, 7) is 0.834. The minimum atomic E-state index is -0.958. The Morgan fingerprint density at radius 2 is 2.38 bits per heavy atom. The zero-order valence-corrected chi connectivity index (χ0v) is 10.2. The molecule has 6 heteroatoms. The largest absolute Gasteiger partial charge is 0.480 e. The molecule has 0 aromatic carbocycles. The molecule has 5 nitrogen and oxygen atoms in total. The second-order valence-corrected chi connectivity index (χ2v) is 4.82. The highest BCUT2D eigenvalue weighted by Gasteiger charge is 2.26. The first-order valence-corrected chi connectivity index (χ1v) is 6.80. The van der Waals surface area contributed by atoms with Crippen molar-refractivity contribution in [3.8, 4) is 0 Å². The van der Waals surface area contributed by atoms with Gasteiger partial charge in [-0.2, -0.15) is 11.8 Å². The first kappa shape index (κ1) is 13.3. The molecule has 0 radical (unpaired) electrons. The van der Waals surface area contributed by atoms with Crippen molar-refractivity contribution in [1.29, 1.82) is 0 Å². The summed E-state index contributed by atoms with van der Waals surface area (Å²) in [5.74, 6) is -0.415. The number of carboxylic acid groups (broad SMARTS) is 1. The molecule has 0 saturated carbocycles. The van der Waals surface area contributed by atoms with Crippen molar-refractivity contribution in [2.75, 3.05) is 18.6 Å². The number of amides is 1. The summed E-state index contributed by atoms with van der Waals surface area (Å²) in [7, 11) is 0. The molecule has 0 aromatic heterocycles. The van der Waals surface area contributed by atoms with Gasteiger partial charge in [0.05, 0.1) is 6.04 Å². The summed E-state index contributed by atoms with van der Waals surface area (Å²) in [4.78, 5) is 22.6. The fraction of sp³-hybridized carbons (Fsp3) is 0.800. The molecule has 1 aliphatic heterocycles. The van der Waals surface area contributed by atoms with E-state index in [0.717, 1.165) is 25.1 Å². The Morgan fingerprint density at radius 1 is 1.62 bits per heavy atom. The lowest BCUT2D eigenvalue weighted by molar-refractivity contribution is -0.142. The summed E-state index contributed by atoms with van der Waals surface area (Å²) in [6.07, 6.45) is 4.15. The van der Waals surface area contributed by atoms with Gasteiger partial charge in [0.2, 0.25) is 5.91 Å². The molecule has 1 rings (SSSR count). The van der Waals surface area contributed by atoms with E-state index >= 15 is 0 Å². The molecule has 1 fully saturated rings. The predicted molar refractivity (Wildman–Crippen MR) is 63.6 cm³/mol. The number of hydrogen-bond acceptors (Lipinski definition) is 4. The molecular formula is C10H18N2O3S. The summed E-state index contributed by atoms with van der Waals surface area (Å²) >= 11 is 1.58. The van der Waals surface area contributed by atoms with E-state index in [1.165, 1.54) is 0 Å². The maximum Gasteiger partial charge on any atom is 0.326 e. The molecule has 2 atom stereocenters. The van der Waals surface area contributed by atoms with Gasteiger partial charge in [-0.05, 0) is 37.8 Å². The van der Waals surface area contributed by atoms with Crippen LogP contribution in [0.1, 0.15) is 19.3 Å². The molecular weight excluding hydrogens is 228 g/mol. The summed E-state index contributed by atoms with van der Waals surface area (Å²) in [5, 5.41) is 14.6. The standard InChI is InChI=1S/C10H18N2O3S/c1-16-6-4-8(10(14)15)12-9(13)7-3-2-5-11-7/h7-8,11H,2-6H2,1H3,(H,12,13)(H,14,15)/t7-,8+/m1/s1. The van der Waals surface area contributed by atoms with E-state index in [4.69, 9.17) is 5.11 Å². The molecule has 1 aliphatic rings. The first-order valence-electron chi connectivity index (χ1n) is 5.40. The van der Waals surface area contributed by atoms with Gasteiger partial charge in [0.25, 0.3) is 0 Å². The number of carbonyl (C=O) groups excluding carboxylic acids is 1. The molecule has 1 amide bonds. The first-order chi connectivity index (χ1) is 7.65. The average molecular weight is 246 g/mol. The topological polar surface area (TPSA) is 78.4 Å². The van der Waals surface area contributed by atoms with Crippen molar-refractivity contribution < 1.29 is 14.7 Å². The Bertz CT molecular complexity index is 254. The number of carboxylic acids is 1. The molecule has 0 unspecified atom stereocenters. The number of thioether (sulfide) groups is 1. The second kappa shape index (κ2) is 6.75. The molecule has 3 N–H and O–H groups in total. The van der Waals surface area contributed by atoms with Gasteiger partial charge >= 0.3 is 5.97 Å². The van der Waals surface area contributed by atoms with Gasteiger partial charge in [0.1, 0.15) is 6.04 Å². The highest BCUT2D eigenvalue weighted by Crippen LogP contribution is 2.06. The molecule has 1 saturated heterocycles. The average Bonchev–Trinajstić information content (AvgIpc) is 2.76. The van der Waals surface area contributed by atoms with E-state index in [9.17, 15) is 9.59 Å². The number of rotatable bonds is 6. The van der Waals surface area contributed by atoms with Crippen LogP contribution in [-0.4, -0.2) is 47.6 Å². The van der Waals surface area contributed by atoms with Crippen molar-refractivity contribution in [2.45, 2.75) is 31.3 Å². The van der Waals surface area contributed by atoms with E-state index in [1.54, 1.807) is 11.8 Å². The fourth-order valence-electron chi connectivity index (χ4n) is 1.67. The maximum absolute atomic E-state index is 11.7. The Labute approximate surface area is 99.4 Å². The van der Waals surface area contributed by atoms with Crippen molar-refractivity contribution in [3.05, 3.63) is 0 Å². The lowest BCUT2D eigenvalue weighted by Crippen LogP contribution is -2.48. The van der Waals surface area contributed by atoms with Crippen molar-refractivity contribution in [3.63, 3.8) is 0 Å². The molecule has 1 heterocycles. The Hall–Kier alpha value is -0.750. The van der Waals surface area contributed by atoms with E-state index in [2.05, 4.69) is 10.6 Å². The van der Waals surface area contributed by atoms with Crippen molar-refractivity contribution >= 4 is 23.6 Å². The Balaban J connectivity index is 2.40. The van der Waals surface area contributed by atoms with E-state index in [0.29, 0.717) is 6.42 Å². The second-order valence-electron chi connectivity index (χ2n) is 3.83. The summed E-state index contributed by atoms with van der Waals surface area (Å²) in [6, 6.07) is -0.974. The third kappa shape index (κ3) is 4.02. The number of carbonyl (C=O) groups is 2. The predicted octanol–water partition coefficient (Wildman–Crippen LogP) is 0.0609. The Kier molecular flexibility index (Phi) is 5.62. The lowest BCUT2D eigenvalue weighted by atomic mass is 10.1. The fourth-order valence-corrected chi connectivity index (χ4v) is 2.15. The number of hydrogen-bond donors (Lipinski definition) is 3. The zero-order valence-electron chi connectivity index (χ0n) is 9.36. The molecule has 0 aromatic rings. The van der Waals surface area contributed by atoms with Crippen molar-refractivity contribution in [1.82, 2.24) is 10.6 Å². The highest BCUT2D eigenvalue weighted by molar-refractivity contribution is 7.98. The molecule has 92 valence electrons. The SMILES string of the molecule is CSCC[C@H](NC(=O)[C@H]1CCCN1)C(=O)O. The molecule has 16 heavy (non-hydrogen) atoms. The van der Waals surface area contributed by atoms with Crippen LogP contribution in [0.25, 0.3) is 0 Å². The minimum absolute atomic E-state index is 0.189. The number of nitrogens with one attached hydrogen (secondary N) is 2. The van der Waals surface area contributed by atoms with E-state index in [1.807, 2.05) is 6.26 Å². The maximum atomic E-state index is 11.7. The van der Waals surface area contributed by atoms with Crippen LogP contribution in [0.15, 0.2) is 0 Å². The van der Waals surface area contributed by atoms with E-state index < -0.39 is 12.0 Å². The molecule has 0 bridgehead atoms. The summed E-state index contributed by atoms with van der Waals surface area (Å²) in [5.41, 5.74) is 0. The number of aliphatic carboxylic acids is 1. The van der Waals surface area contributed by atoms with Gasteiger partial charge in [0.15, 0.2) is 0 Å². The van der Waals surface area contributed by atoms with Gasteiger partial charge < -0.3 is 15.7 Å². The van der Waals surface area contributed by atoms with Crippen LogP contribution in [0.3, 0.4) is 0 Å².